The SMILES string of the molecule is Cc1ccc(NC(=O)C(C#N)=Cc2ccc(-c3cc([N+](=O)[O-])ccc3C)o2)cc1C. The Hall–Kier alpha value is -4.18. The standard InChI is InChI=1S/C23H19N3O4/c1-14-4-6-18(10-16(14)3)25-23(27)17(13-24)11-20-8-9-22(30-20)21-12-19(26(28)29)7-5-15(21)2/h4-12H,1-3H3,(H,25,27). The average molecular weight is 401 g/mol. The summed E-state index contributed by atoms with van der Waals surface area (Å²) in [5.74, 6) is 0.155. The van der Waals surface area contributed by atoms with Crippen LogP contribution in [0.4, 0.5) is 11.4 Å². The van der Waals surface area contributed by atoms with E-state index < -0.39 is 10.8 Å². The van der Waals surface area contributed by atoms with Gasteiger partial charge in [0.15, 0.2) is 0 Å². The van der Waals surface area contributed by atoms with Crippen LogP contribution < -0.4 is 5.32 Å². The van der Waals surface area contributed by atoms with Crippen molar-refractivity contribution in [3.8, 4) is 17.4 Å². The van der Waals surface area contributed by atoms with E-state index in [1.807, 2.05) is 39.0 Å². The molecule has 3 aromatic rings. The van der Waals surface area contributed by atoms with Crippen LogP contribution in [0, 0.1) is 42.2 Å². The van der Waals surface area contributed by atoms with Crippen molar-refractivity contribution < 1.29 is 14.1 Å². The Morgan fingerprint density at radius 2 is 1.80 bits per heavy atom. The fraction of sp³-hybridized carbons (Fsp3) is 0.130. The van der Waals surface area contributed by atoms with Gasteiger partial charge in [-0.15, -0.1) is 0 Å². The molecular weight excluding hydrogens is 382 g/mol. The Morgan fingerprint density at radius 1 is 1.07 bits per heavy atom. The summed E-state index contributed by atoms with van der Waals surface area (Å²) < 4.78 is 5.72. The van der Waals surface area contributed by atoms with Gasteiger partial charge in [0.05, 0.1) is 4.92 Å². The smallest absolute Gasteiger partial charge is 0.270 e. The number of nitriles is 1. The van der Waals surface area contributed by atoms with Crippen molar-refractivity contribution in [1.29, 1.82) is 5.26 Å². The van der Waals surface area contributed by atoms with Crippen molar-refractivity contribution >= 4 is 23.4 Å². The highest BCUT2D eigenvalue weighted by Crippen LogP contribution is 2.29. The lowest BCUT2D eigenvalue weighted by atomic mass is 10.1. The molecule has 7 nitrogen and oxygen atoms in total. The number of aryl methyl sites for hydroxylation is 3. The number of rotatable bonds is 5. The number of anilines is 1. The molecule has 1 aromatic heterocycles. The van der Waals surface area contributed by atoms with E-state index in [9.17, 15) is 20.2 Å². The van der Waals surface area contributed by atoms with Gasteiger partial charge >= 0.3 is 0 Å². The number of hydrogen-bond acceptors (Lipinski definition) is 5. The van der Waals surface area contributed by atoms with E-state index in [2.05, 4.69) is 5.32 Å². The molecule has 0 fully saturated rings. The summed E-state index contributed by atoms with van der Waals surface area (Å²) in [5.41, 5.74) is 3.93. The molecule has 0 unspecified atom stereocenters. The third kappa shape index (κ3) is 4.45. The minimum atomic E-state index is -0.551. The second-order valence-electron chi connectivity index (χ2n) is 6.88. The summed E-state index contributed by atoms with van der Waals surface area (Å²) in [7, 11) is 0. The zero-order chi connectivity index (χ0) is 21.8. The molecule has 30 heavy (non-hydrogen) atoms. The number of nitro benzene ring substituents is 1. The van der Waals surface area contributed by atoms with Gasteiger partial charge in [0.1, 0.15) is 23.2 Å². The second kappa shape index (κ2) is 8.45. The summed E-state index contributed by atoms with van der Waals surface area (Å²) in [4.78, 5) is 23.0. The van der Waals surface area contributed by atoms with E-state index in [0.717, 1.165) is 16.7 Å². The van der Waals surface area contributed by atoms with Crippen molar-refractivity contribution in [2.75, 3.05) is 5.32 Å². The molecule has 1 heterocycles. The molecule has 0 bridgehead atoms. The number of carbonyl (C=O) groups is 1. The molecule has 7 heteroatoms. The van der Waals surface area contributed by atoms with Crippen LogP contribution in [0.25, 0.3) is 17.4 Å². The number of amides is 1. The quantitative estimate of drug-likeness (QED) is 0.269. The van der Waals surface area contributed by atoms with Crippen molar-refractivity contribution in [3.63, 3.8) is 0 Å². The molecule has 0 aliphatic carbocycles. The van der Waals surface area contributed by atoms with Gasteiger partial charge < -0.3 is 9.73 Å². The van der Waals surface area contributed by atoms with Crippen LogP contribution in [0.2, 0.25) is 0 Å². The molecule has 1 amide bonds. The molecule has 3 rings (SSSR count). The Balaban J connectivity index is 1.86. The fourth-order valence-corrected chi connectivity index (χ4v) is 2.87. The molecule has 0 radical (unpaired) electrons. The summed E-state index contributed by atoms with van der Waals surface area (Å²) >= 11 is 0. The van der Waals surface area contributed by atoms with Gasteiger partial charge in [0.2, 0.25) is 0 Å². The van der Waals surface area contributed by atoms with Crippen molar-refractivity contribution in [2.45, 2.75) is 20.8 Å². The topological polar surface area (TPSA) is 109 Å². The van der Waals surface area contributed by atoms with E-state index in [4.69, 9.17) is 4.42 Å². The molecule has 1 N–H and O–H groups in total. The van der Waals surface area contributed by atoms with Gasteiger partial charge in [-0.25, -0.2) is 0 Å². The fourth-order valence-electron chi connectivity index (χ4n) is 2.87. The van der Waals surface area contributed by atoms with Crippen LogP contribution in [-0.2, 0) is 4.79 Å². The normalized spacial score (nSPS) is 11.1. The molecule has 0 spiro atoms. The number of nitrogens with zero attached hydrogens (tertiary/aromatic N) is 2. The van der Waals surface area contributed by atoms with Crippen LogP contribution in [-0.4, -0.2) is 10.8 Å². The van der Waals surface area contributed by atoms with Crippen molar-refractivity contribution in [3.05, 3.63) is 86.7 Å². The van der Waals surface area contributed by atoms with E-state index in [1.165, 1.54) is 18.2 Å². The van der Waals surface area contributed by atoms with Gasteiger partial charge in [-0.2, -0.15) is 5.26 Å². The largest absolute Gasteiger partial charge is 0.457 e. The number of furan rings is 1. The van der Waals surface area contributed by atoms with E-state index >= 15 is 0 Å². The highest BCUT2D eigenvalue weighted by Gasteiger charge is 2.15. The maximum atomic E-state index is 12.5. The van der Waals surface area contributed by atoms with Crippen LogP contribution in [0.1, 0.15) is 22.5 Å². The number of hydrogen-bond donors (Lipinski definition) is 1. The second-order valence-corrected chi connectivity index (χ2v) is 6.88. The Labute approximate surface area is 173 Å². The highest BCUT2D eigenvalue weighted by molar-refractivity contribution is 6.09. The Morgan fingerprint density at radius 3 is 2.47 bits per heavy atom. The zero-order valence-corrected chi connectivity index (χ0v) is 16.7. The molecule has 0 saturated heterocycles. The number of non-ortho nitro benzene ring substituents is 1. The van der Waals surface area contributed by atoms with E-state index in [-0.39, 0.29) is 11.3 Å². The monoisotopic (exact) mass is 401 g/mol. The van der Waals surface area contributed by atoms with Crippen molar-refractivity contribution in [2.24, 2.45) is 0 Å². The predicted molar refractivity (Wildman–Crippen MR) is 114 cm³/mol. The summed E-state index contributed by atoms with van der Waals surface area (Å²) in [6.07, 6.45) is 1.34. The van der Waals surface area contributed by atoms with E-state index in [0.29, 0.717) is 22.8 Å². The highest BCUT2D eigenvalue weighted by atomic mass is 16.6. The lowest BCUT2D eigenvalue weighted by Crippen LogP contribution is -2.13. The third-order valence-corrected chi connectivity index (χ3v) is 4.74. The van der Waals surface area contributed by atoms with Crippen LogP contribution in [0.15, 0.2) is 58.5 Å². The molecule has 0 aliphatic rings. The number of benzene rings is 2. The minimum Gasteiger partial charge on any atom is -0.457 e. The van der Waals surface area contributed by atoms with E-state index in [1.54, 1.807) is 24.3 Å². The van der Waals surface area contributed by atoms with Crippen molar-refractivity contribution in [1.82, 2.24) is 0 Å². The maximum absolute atomic E-state index is 12.5. The minimum absolute atomic E-state index is 0.0467. The first-order valence-corrected chi connectivity index (χ1v) is 9.14. The summed E-state index contributed by atoms with van der Waals surface area (Å²) in [6, 6.07) is 15.1. The van der Waals surface area contributed by atoms with Gasteiger partial charge in [-0.05, 0) is 61.7 Å². The van der Waals surface area contributed by atoms with Crippen LogP contribution in [0.3, 0.4) is 0 Å². The third-order valence-electron chi connectivity index (χ3n) is 4.74. The van der Waals surface area contributed by atoms with Gasteiger partial charge in [-0.1, -0.05) is 12.1 Å². The lowest BCUT2D eigenvalue weighted by molar-refractivity contribution is -0.384. The van der Waals surface area contributed by atoms with Gasteiger partial charge in [0, 0.05) is 29.5 Å². The van der Waals surface area contributed by atoms with Gasteiger partial charge in [-0.3, -0.25) is 14.9 Å². The number of carbonyl (C=O) groups excluding carboxylic acids is 1. The molecular formula is C23H19N3O4. The molecule has 0 aliphatic heterocycles. The zero-order valence-electron chi connectivity index (χ0n) is 16.7. The van der Waals surface area contributed by atoms with Gasteiger partial charge in [0.25, 0.3) is 11.6 Å². The predicted octanol–water partition coefficient (Wildman–Crippen LogP) is 5.33. The maximum Gasteiger partial charge on any atom is 0.270 e. The summed E-state index contributed by atoms with van der Waals surface area (Å²) in [6.45, 7) is 5.72. The average Bonchev–Trinajstić information content (AvgIpc) is 3.17. The Kier molecular flexibility index (Phi) is 5.79. The van der Waals surface area contributed by atoms with Crippen LogP contribution >= 0.6 is 0 Å². The molecule has 2 aromatic carbocycles. The molecule has 0 atom stereocenters. The first-order chi connectivity index (χ1) is 14.3. The molecule has 0 saturated carbocycles. The van der Waals surface area contributed by atoms with Crippen LogP contribution in [0.5, 0.6) is 0 Å². The number of nitro groups is 1. The first kappa shape index (κ1) is 20.6. The molecule has 150 valence electrons. The first-order valence-electron chi connectivity index (χ1n) is 9.14. The number of nitrogens with one attached hydrogen (secondary N) is 1. The summed E-state index contributed by atoms with van der Waals surface area (Å²) in [5, 5.41) is 23.1. The Bertz CT molecular complexity index is 1220. The lowest BCUT2D eigenvalue weighted by Gasteiger charge is -2.07.